The zero-order valence-electron chi connectivity index (χ0n) is 14.4. The van der Waals surface area contributed by atoms with Gasteiger partial charge in [0.25, 0.3) is 10.0 Å². The Bertz CT molecular complexity index is 959. The topological polar surface area (TPSA) is 57.6 Å². The minimum Gasteiger partial charge on any atom is -0.396 e. The average Bonchev–Trinajstić information content (AvgIpc) is 2.97. The molecule has 4 nitrogen and oxygen atoms in total. The molecule has 0 saturated heterocycles. The zero-order chi connectivity index (χ0) is 18.7. The Morgan fingerprint density at radius 1 is 1.23 bits per heavy atom. The highest BCUT2D eigenvalue weighted by Crippen LogP contribution is 2.39. The third kappa shape index (κ3) is 3.59. The van der Waals surface area contributed by atoms with Gasteiger partial charge in [0.05, 0.1) is 23.0 Å². The lowest BCUT2D eigenvalue weighted by atomic mass is 10.0. The number of hydrogen-bond acceptors (Lipinski definition) is 3. The van der Waals surface area contributed by atoms with Crippen molar-refractivity contribution >= 4 is 15.7 Å². The Balaban J connectivity index is 1.99. The van der Waals surface area contributed by atoms with Gasteiger partial charge in [0.15, 0.2) is 0 Å². The summed E-state index contributed by atoms with van der Waals surface area (Å²) in [4.78, 5) is 0.173. The second-order valence-corrected chi connectivity index (χ2v) is 8.12. The maximum Gasteiger partial charge on any atom is 0.264 e. The van der Waals surface area contributed by atoms with Crippen molar-refractivity contribution in [2.24, 2.45) is 0 Å². The van der Waals surface area contributed by atoms with Crippen molar-refractivity contribution < 1.29 is 17.9 Å². The summed E-state index contributed by atoms with van der Waals surface area (Å²) in [6, 6.07) is 10.8. The van der Waals surface area contributed by atoms with Crippen LogP contribution in [0.2, 0.25) is 0 Å². The number of benzene rings is 2. The van der Waals surface area contributed by atoms with Crippen molar-refractivity contribution in [3.8, 4) is 11.8 Å². The molecule has 0 spiro atoms. The highest BCUT2D eigenvalue weighted by Gasteiger charge is 2.36. The van der Waals surface area contributed by atoms with E-state index in [4.69, 9.17) is 5.11 Å². The highest BCUT2D eigenvalue weighted by atomic mass is 32.2. The number of fused-ring (bicyclic) bond motifs is 1. The summed E-state index contributed by atoms with van der Waals surface area (Å²) in [5.74, 6) is 5.24. The van der Waals surface area contributed by atoms with Gasteiger partial charge in [0, 0.05) is 13.0 Å². The number of rotatable bonds is 4. The molecule has 2 aromatic carbocycles. The number of aliphatic hydroxyl groups excluding tert-OH is 1. The molecule has 1 atom stereocenters. The lowest BCUT2D eigenvalue weighted by molar-refractivity contribution is 0.290. The minimum atomic E-state index is -3.79. The van der Waals surface area contributed by atoms with Crippen molar-refractivity contribution in [2.45, 2.75) is 30.6 Å². The highest BCUT2D eigenvalue weighted by molar-refractivity contribution is 7.92. The number of halogens is 1. The molecule has 0 aliphatic carbocycles. The second-order valence-electron chi connectivity index (χ2n) is 6.25. The largest absolute Gasteiger partial charge is 0.396 e. The van der Waals surface area contributed by atoms with Crippen molar-refractivity contribution in [2.75, 3.05) is 17.5 Å². The van der Waals surface area contributed by atoms with Gasteiger partial charge in [-0.25, -0.2) is 12.8 Å². The monoisotopic (exact) mass is 373 g/mol. The van der Waals surface area contributed by atoms with Crippen LogP contribution in [-0.4, -0.2) is 26.7 Å². The standard InChI is InChI=1S/C20H20FNO3S/c1-15-6-9-18(10-7-15)26(24,25)22-14-16(5-3-2-4-12-23)19-11-8-17(21)13-20(19)22/h6-11,13,16,23H,2,4,12,14H2,1H3. The summed E-state index contributed by atoms with van der Waals surface area (Å²) < 4.78 is 41.1. The summed E-state index contributed by atoms with van der Waals surface area (Å²) >= 11 is 0. The van der Waals surface area contributed by atoms with E-state index in [1.54, 1.807) is 30.3 Å². The molecule has 3 rings (SSSR count). The smallest absolute Gasteiger partial charge is 0.264 e. The van der Waals surface area contributed by atoms with E-state index in [0.29, 0.717) is 24.1 Å². The van der Waals surface area contributed by atoms with E-state index in [1.165, 1.54) is 16.4 Å². The van der Waals surface area contributed by atoms with Gasteiger partial charge in [0.1, 0.15) is 5.82 Å². The molecule has 1 aliphatic heterocycles. The van der Waals surface area contributed by atoms with Gasteiger partial charge in [0.2, 0.25) is 0 Å². The van der Waals surface area contributed by atoms with Crippen molar-refractivity contribution in [3.63, 3.8) is 0 Å². The van der Waals surface area contributed by atoms with E-state index in [1.807, 2.05) is 6.92 Å². The molecular formula is C20H20FNO3S. The lowest BCUT2D eigenvalue weighted by Gasteiger charge is -2.19. The van der Waals surface area contributed by atoms with Crippen LogP contribution in [0.5, 0.6) is 0 Å². The average molecular weight is 373 g/mol. The minimum absolute atomic E-state index is 0.0646. The number of hydrogen-bond donors (Lipinski definition) is 1. The third-order valence-electron chi connectivity index (χ3n) is 4.33. The molecule has 0 amide bonds. The third-order valence-corrected chi connectivity index (χ3v) is 6.12. The molecule has 1 unspecified atom stereocenters. The molecule has 6 heteroatoms. The lowest BCUT2D eigenvalue weighted by Crippen LogP contribution is -2.29. The van der Waals surface area contributed by atoms with Crippen molar-refractivity contribution in [3.05, 3.63) is 59.4 Å². The van der Waals surface area contributed by atoms with Gasteiger partial charge in [-0.2, -0.15) is 0 Å². The molecule has 0 bridgehead atoms. The van der Waals surface area contributed by atoms with E-state index in [9.17, 15) is 12.8 Å². The van der Waals surface area contributed by atoms with E-state index in [-0.39, 0.29) is 24.0 Å². The Morgan fingerprint density at radius 2 is 1.96 bits per heavy atom. The number of aliphatic hydroxyl groups is 1. The predicted octanol–water partition coefficient (Wildman–Crippen LogP) is 3.20. The first-order chi connectivity index (χ1) is 12.4. The number of unbranched alkanes of at least 4 members (excludes halogenated alkanes) is 1. The summed E-state index contributed by atoms with van der Waals surface area (Å²) in [5, 5.41) is 8.84. The fourth-order valence-corrected chi connectivity index (χ4v) is 4.44. The Morgan fingerprint density at radius 3 is 2.65 bits per heavy atom. The Labute approximate surface area is 153 Å². The van der Waals surface area contributed by atoms with E-state index in [2.05, 4.69) is 11.8 Å². The number of sulfonamides is 1. The van der Waals surface area contributed by atoms with Crippen LogP contribution in [-0.2, 0) is 10.0 Å². The van der Waals surface area contributed by atoms with Crippen LogP contribution in [0.25, 0.3) is 0 Å². The van der Waals surface area contributed by atoms with Crippen LogP contribution >= 0.6 is 0 Å². The van der Waals surface area contributed by atoms with Crippen LogP contribution in [0.15, 0.2) is 47.4 Å². The molecule has 1 heterocycles. The van der Waals surface area contributed by atoms with Gasteiger partial charge >= 0.3 is 0 Å². The van der Waals surface area contributed by atoms with E-state index < -0.39 is 15.8 Å². The first kappa shape index (κ1) is 18.4. The Hall–Kier alpha value is -2.36. The van der Waals surface area contributed by atoms with Crippen LogP contribution in [0.1, 0.15) is 29.9 Å². The SMILES string of the molecule is Cc1ccc(S(=O)(=O)N2CC(C#CCCCO)c3ccc(F)cc32)cc1. The summed E-state index contributed by atoms with van der Waals surface area (Å²) in [5.41, 5.74) is 2.01. The molecule has 2 aromatic rings. The Kier molecular flexibility index (Phi) is 5.30. The van der Waals surface area contributed by atoms with Gasteiger partial charge in [-0.05, 0) is 43.2 Å². The maximum absolute atomic E-state index is 13.8. The number of nitrogens with zero attached hydrogens (tertiary/aromatic N) is 1. The van der Waals surface area contributed by atoms with Gasteiger partial charge in [-0.3, -0.25) is 4.31 Å². The molecule has 0 fully saturated rings. The number of anilines is 1. The summed E-state index contributed by atoms with van der Waals surface area (Å²) in [6.07, 6.45) is 1.11. The fourth-order valence-electron chi connectivity index (χ4n) is 2.94. The molecule has 0 radical (unpaired) electrons. The zero-order valence-corrected chi connectivity index (χ0v) is 15.3. The van der Waals surface area contributed by atoms with Crippen molar-refractivity contribution in [1.82, 2.24) is 0 Å². The first-order valence-corrected chi connectivity index (χ1v) is 9.85. The number of aryl methyl sites for hydroxylation is 1. The normalized spacial score (nSPS) is 16.1. The fraction of sp³-hybridized carbons (Fsp3) is 0.300. The van der Waals surface area contributed by atoms with Gasteiger partial charge in [-0.15, -0.1) is 5.92 Å². The first-order valence-electron chi connectivity index (χ1n) is 8.41. The summed E-state index contributed by atoms with van der Waals surface area (Å²) in [7, 11) is -3.79. The summed E-state index contributed by atoms with van der Waals surface area (Å²) in [6.45, 7) is 2.10. The molecule has 136 valence electrons. The van der Waals surface area contributed by atoms with E-state index in [0.717, 1.165) is 5.56 Å². The molecule has 0 aromatic heterocycles. The molecular weight excluding hydrogens is 353 g/mol. The van der Waals surface area contributed by atoms with Gasteiger partial charge in [-0.1, -0.05) is 29.7 Å². The van der Waals surface area contributed by atoms with Gasteiger partial charge < -0.3 is 5.11 Å². The van der Waals surface area contributed by atoms with Crippen LogP contribution in [0, 0.1) is 24.6 Å². The molecule has 0 saturated carbocycles. The predicted molar refractivity (Wildman–Crippen MR) is 98.9 cm³/mol. The van der Waals surface area contributed by atoms with Crippen molar-refractivity contribution in [1.29, 1.82) is 0 Å². The second kappa shape index (κ2) is 7.48. The molecule has 26 heavy (non-hydrogen) atoms. The maximum atomic E-state index is 13.8. The van der Waals surface area contributed by atoms with Crippen LogP contribution < -0.4 is 4.31 Å². The molecule has 1 N–H and O–H groups in total. The quantitative estimate of drug-likeness (QED) is 0.661. The van der Waals surface area contributed by atoms with Crippen LogP contribution in [0.3, 0.4) is 0 Å². The molecule has 1 aliphatic rings. The van der Waals surface area contributed by atoms with Crippen LogP contribution in [0.4, 0.5) is 10.1 Å². The van der Waals surface area contributed by atoms with E-state index >= 15 is 0 Å².